The van der Waals surface area contributed by atoms with Crippen molar-refractivity contribution < 1.29 is 19.1 Å². The van der Waals surface area contributed by atoms with E-state index in [-0.39, 0.29) is 11.8 Å². The molecule has 1 aliphatic carbocycles. The van der Waals surface area contributed by atoms with Crippen LogP contribution in [0.2, 0.25) is 0 Å². The molecule has 2 aliphatic heterocycles. The third kappa shape index (κ3) is 3.79. The lowest BCUT2D eigenvalue weighted by Gasteiger charge is -2.45. The number of Topliss-reactive ketones (excluding diaryl/α,β-unsaturated/α-hetero) is 1. The largest absolute Gasteiger partial charge is 0.465 e. The minimum atomic E-state index is -0.748. The van der Waals surface area contributed by atoms with Gasteiger partial charge in [-0.15, -0.1) is 0 Å². The fraction of sp³-hybridized carbons (Fsp3) is 0.290. The number of anilines is 1. The van der Waals surface area contributed by atoms with Crippen molar-refractivity contribution in [2.75, 3.05) is 33.2 Å². The van der Waals surface area contributed by atoms with Crippen LogP contribution < -0.4 is 9.64 Å². The highest BCUT2D eigenvalue weighted by atomic mass is 16.5. The Morgan fingerprint density at radius 3 is 2.41 bits per heavy atom. The summed E-state index contributed by atoms with van der Waals surface area (Å²) in [7, 11) is 7.36. The number of nitrogens with zero attached hydrogens (tertiary/aromatic N) is 2. The molecule has 0 N–H and O–H groups in total. The number of allylic oxidation sites excluding steroid dienone is 5. The summed E-state index contributed by atoms with van der Waals surface area (Å²) in [4.78, 5) is 29.4. The molecule has 6 nitrogen and oxygen atoms in total. The number of likely N-dealkylation sites (tertiary alicyclic amines) is 1. The van der Waals surface area contributed by atoms with Crippen molar-refractivity contribution in [1.29, 1.82) is 0 Å². The topological polar surface area (TPSA) is 59.1 Å². The molecule has 1 atom stereocenters. The highest BCUT2D eigenvalue weighted by Gasteiger charge is 2.59. The molecule has 3 aliphatic rings. The van der Waals surface area contributed by atoms with Gasteiger partial charge in [-0.05, 0) is 86.5 Å². The van der Waals surface area contributed by atoms with E-state index in [1.165, 1.54) is 7.11 Å². The van der Waals surface area contributed by atoms with Crippen molar-refractivity contribution in [2.24, 2.45) is 5.41 Å². The van der Waals surface area contributed by atoms with Crippen LogP contribution in [0.25, 0.3) is 6.08 Å². The van der Waals surface area contributed by atoms with Gasteiger partial charge >= 0.3 is 5.97 Å². The monoisotopic (exact) mass is 496 g/mol. The van der Waals surface area contributed by atoms with Crippen LogP contribution >= 0.6 is 0 Å². The first kappa shape index (κ1) is 24.6. The van der Waals surface area contributed by atoms with Gasteiger partial charge in [0.25, 0.3) is 0 Å². The van der Waals surface area contributed by atoms with Crippen LogP contribution in [0.15, 0.2) is 83.6 Å². The average Bonchev–Trinajstić information content (AvgIpc) is 3.06. The number of likely N-dealkylation sites (N-methyl/N-ethyl adjacent to an activating group) is 1. The van der Waals surface area contributed by atoms with Gasteiger partial charge in [0.15, 0.2) is 5.78 Å². The maximum absolute atomic E-state index is 13.3. The predicted molar refractivity (Wildman–Crippen MR) is 146 cm³/mol. The van der Waals surface area contributed by atoms with Gasteiger partial charge in [0.1, 0.15) is 5.75 Å². The molecule has 2 aromatic carbocycles. The smallest absolute Gasteiger partial charge is 0.337 e. The molecule has 1 spiro atoms. The van der Waals surface area contributed by atoms with E-state index < -0.39 is 11.1 Å². The third-order valence-corrected chi connectivity index (χ3v) is 7.80. The van der Waals surface area contributed by atoms with Crippen molar-refractivity contribution in [2.45, 2.75) is 26.0 Å². The normalized spacial score (nSPS) is 21.1. The second-order valence-electron chi connectivity index (χ2n) is 10.4. The predicted octanol–water partition coefficient (Wildman–Crippen LogP) is 5.64. The second-order valence-corrected chi connectivity index (χ2v) is 10.4. The molecule has 2 heterocycles. The number of ketones is 1. The van der Waals surface area contributed by atoms with Crippen LogP contribution in [0, 0.1) is 5.41 Å². The van der Waals surface area contributed by atoms with E-state index in [1.807, 2.05) is 74.6 Å². The van der Waals surface area contributed by atoms with Crippen molar-refractivity contribution in [3.05, 3.63) is 100 Å². The Bertz CT molecular complexity index is 1410. The minimum absolute atomic E-state index is 0.0401. The molecule has 2 aromatic rings. The number of hydrogen-bond donors (Lipinski definition) is 0. The number of hydrogen-bond acceptors (Lipinski definition) is 6. The Kier molecular flexibility index (Phi) is 5.86. The van der Waals surface area contributed by atoms with Crippen LogP contribution in [-0.4, -0.2) is 50.6 Å². The van der Waals surface area contributed by atoms with E-state index in [0.717, 1.165) is 28.1 Å². The van der Waals surface area contributed by atoms with Crippen molar-refractivity contribution in [3.63, 3.8) is 0 Å². The highest BCUT2D eigenvalue weighted by Crippen LogP contribution is 2.57. The van der Waals surface area contributed by atoms with Gasteiger partial charge in [0.05, 0.1) is 18.1 Å². The molecule has 0 bridgehead atoms. The number of carbonyl (C=O) groups excluding carboxylic acids is 2. The maximum atomic E-state index is 13.3. The number of esters is 1. The number of rotatable bonds is 4. The zero-order valence-electron chi connectivity index (χ0n) is 22.2. The summed E-state index contributed by atoms with van der Waals surface area (Å²) >= 11 is 0. The Morgan fingerprint density at radius 2 is 1.73 bits per heavy atom. The van der Waals surface area contributed by atoms with Crippen LogP contribution in [0.5, 0.6) is 5.75 Å². The van der Waals surface area contributed by atoms with Gasteiger partial charge in [0.2, 0.25) is 5.72 Å². The Morgan fingerprint density at radius 1 is 1.03 bits per heavy atom. The number of carbonyl (C=O) groups is 2. The fourth-order valence-electron chi connectivity index (χ4n) is 5.51. The summed E-state index contributed by atoms with van der Waals surface area (Å²) in [5.41, 5.74) is 4.82. The summed E-state index contributed by atoms with van der Waals surface area (Å²) < 4.78 is 11.6. The Hall–Kier alpha value is -4.06. The summed E-state index contributed by atoms with van der Waals surface area (Å²) in [6.07, 6.45) is 10.8. The first-order chi connectivity index (χ1) is 17.6. The number of benzene rings is 2. The van der Waals surface area contributed by atoms with Gasteiger partial charge in [0, 0.05) is 49.2 Å². The minimum Gasteiger partial charge on any atom is -0.465 e. The van der Waals surface area contributed by atoms with Gasteiger partial charge in [-0.1, -0.05) is 12.2 Å². The van der Waals surface area contributed by atoms with E-state index in [2.05, 4.69) is 30.9 Å². The molecular formula is C31H32N2O4. The summed E-state index contributed by atoms with van der Waals surface area (Å²) in [6.45, 7) is 4.34. The lowest BCUT2D eigenvalue weighted by atomic mass is 9.75. The molecule has 1 saturated heterocycles. The fourth-order valence-corrected chi connectivity index (χ4v) is 5.51. The standard InChI is InChI=1S/C31H32N2O4/c1-30(2)25-14-9-21(28(34)20-7-12-24(13-8-20)32(3)4)10-15-26(25)33(5)31(30)18-17-22-19-23(29(35)36-6)11-16-27(22)37-31/h7-8,10-19H,9H2,1-6H3. The Balaban J connectivity index is 1.47. The van der Waals surface area contributed by atoms with Crippen molar-refractivity contribution in [1.82, 2.24) is 4.90 Å². The number of ether oxygens (including phenoxy) is 2. The van der Waals surface area contributed by atoms with E-state index in [4.69, 9.17) is 9.47 Å². The van der Waals surface area contributed by atoms with Gasteiger partial charge < -0.3 is 19.3 Å². The average molecular weight is 497 g/mol. The third-order valence-electron chi connectivity index (χ3n) is 7.80. The molecule has 0 saturated carbocycles. The van der Waals surface area contributed by atoms with Crippen molar-refractivity contribution >= 4 is 23.5 Å². The molecule has 0 radical (unpaired) electrons. The van der Waals surface area contributed by atoms with Crippen LogP contribution in [0.1, 0.15) is 46.5 Å². The first-order valence-electron chi connectivity index (χ1n) is 12.4. The molecule has 1 unspecified atom stereocenters. The van der Waals surface area contributed by atoms with Crippen LogP contribution in [-0.2, 0) is 4.74 Å². The molecular weight excluding hydrogens is 464 g/mol. The first-order valence-corrected chi connectivity index (χ1v) is 12.4. The molecule has 6 heteroatoms. The zero-order valence-corrected chi connectivity index (χ0v) is 22.2. The quantitative estimate of drug-likeness (QED) is 0.404. The second kappa shape index (κ2) is 8.80. The van der Waals surface area contributed by atoms with Crippen molar-refractivity contribution in [3.8, 4) is 5.75 Å². The van der Waals surface area contributed by atoms with E-state index >= 15 is 0 Å². The van der Waals surface area contributed by atoms with Gasteiger partial charge in [-0.2, -0.15) is 0 Å². The van der Waals surface area contributed by atoms with Crippen LogP contribution in [0.4, 0.5) is 5.69 Å². The molecule has 37 heavy (non-hydrogen) atoms. The maximum Gasteiger partial charge on any atom is 0.337 e. The zero-order chi connectivity index (χ0) is 26.5. The summed E-state index contributed by atoms with van der Waals surface area (Å²) in [5, 5.41) is 0. The SMILES string of the molecule is COC(=O)c1ccc2c(c1)C=CC1(O2)N(C)C2=CC=C(C(=O)c3ccc(N(C)C)cc3)CC=C2C1(C)C. The van der Waals surface area contributed by atoms with Crippen LogP contribution in [0.3, 0.4) is 0 Å². The molecule has 0 amide bonds. The molecule has 5 rings (SSSR count). The Labute approximate surface area is 218 Å². The van der Waals surface area contributed by atoms with E-state index in [9.17, 15) is 9.59 Å². The van der Waals surface area contributed by atoms with Gasteiger partial charge in [-0.3, -0.25) is 4.79 Å². The molecule has 1 fully saturated rings. The summed E-state index contributed by atoms with van der Waals surface area (Å²) in [5.74, 6) is 0.372. The van der Waals surface area contributed by atoms with E-state index in [0.29, 0.717) is 23.3 Å². The highest BCUT2D eigenvalue weighted by molar-refractivity contribution is 6.09. The number of fused-ring (bicyclic) bond motifs is 2. The lowest BCUT2D eigenvalue weighted by Crippen LogP contribution is -2.54. The lowest BCUT2D eigenvalue weighted by molar-refractivity contribution is -0.0548. The van der Waals surface area contributed by atoms with Gasteiger partial charge in [-0.25, -0.2) is 4.79 Å². The number of methoxy groups -OCH3 is 1. The van der Waals surface area contributed by atoms with E-state index in [1.54, 1.807) is 12.1 Å². The molecule has 190 valence electrons. The molecule has 0 aromatic heterocycles. The summed E-state index contributed by atoms with van der Waals surface area (Å²) in [6, 6.07) is 13.0.